The molecular weight excluding hydrogens is 324 g/mol. The third-order valence-electron chi connectivity index (χ3n) is 5.00. The van der Waals surface area contributed by atoms with Crippen LogP contribution in [0.5, 0.6) is 0 Å². The van der Waals surface area contributed by atoms with Crippen molar-refractivity contribution < 1.29 is 4.74 Å². The lowest BCUT2D eigenvalue weighted by Crippen LogP contribution is -2.38. The van der Waals surface area contributed by atoms with E-state index in [2.05, 4.69) is 14.5 Å². The average Bonchev–Trinajstić information content (AvgIpc) is 3.12. The van der Waals surface area contributed by atoms with Crippen molar-refractivity contribution in [2.75, 3.05) is 32.8 Å². The molecule has 4 heterocycles. The number of imidazole rings is 2. The van der Waals surface area contributed by atoms with E-state index < -0.39 is 0 Å². The van der Waals surface area contributed by atoms with Crippen LogP contribution < -0.4 is 11.2 Å². The number of nitrogens with zero attached hydrogens (tertiary/aromatic N) is 6. The summed E-state index contributed by atoms with van der Waals surface area (Å²) in [5.41, 5.74) is 1.20. The van der Waals surface area contributed by atoms with E-state index in [4.69, 9.17) is 4.74 Å². The maximum Gasteiger partial charge on any atom is 0.332 e. The number of rotatable bonds is 3. The zero-order valence-corrected chi connectivity index (χ0v) is 14.7. The van der Waals surface area contributed by atoms with E-state index in [1.807, 2.05) is 13.1 Å². The molecule has 0 amide bonds. The topological polar surface area (TPSA) is 78.7 Å². The van der Waals surface area contributed by atoms with Gasteiger partial charge in [0.05, 0.1) is 13.2 Å². The molecule has 0 saturated carbocycles. The van der Waals surface area contributed by atoms with Gasteiger partial charge in [-0.25, -0.2) is 4.79 Å². The first-order valence-corrected chi connectivity index (χ1v) is 8.43. The molecule has 4 rings (SSSR count). The molecule has 1 aliphatic rings. The molecule has 3 aromatic rings. The Morgan fingerprint density at radius 1 is 1.12 bits per heavy atom. The monoisotopic (exact) mass is 346 g/mol. The average molecular weight is 346 g/mol. The number of aromatic nitrogens is 5. The smallest absolute Gasteiger partial charge is 0.332 e. The minimum absolute atomic E-state index is 0.323. The van der Waals surface area contributed by atoms with Gasteiger partial charge in [0.15, 0.2) is 11.2 Å². The van der Waals surface area contributed by atoms with Crippen LogP contribution in [0.2, 0.25) is 0 Å². The molecule has 0 atom stereocenters. The summed E-state index contributed by atoms with van der Waals surface area (Å²) in [4.78, 5) is 31.6. The van der Waals surface area contributed by atoms with E-state index in [1.54, 1.807) is 11.4 Å². The minimum Gasteiger partial charge on any atom is -0.379 e. The van der Waals surface area contributed by atoms with Gasteiger partial charge < -0.3 is 9.30 Å². The fraction of sp³-hybridized carbons (Fsp3) is 0.562. The molecule has 1 fully saturated rings. The second-order valence-corrected chi connectivity index (χ2v) is 6.54. The Hall–Kier alpha value is -2.39. The molecule has 3 aromatic heterocycles. The predicted molar refractivity (Wildman–Crippen MR) is 93.2 cm³/mol. The zero-order valence-electron chi connectivity index (χ0n) is 14.7. The summed E-state index contributed by atoms with van der Waals surface area (Å²) in [5, 5.41) is 0. The molecule has 0 aliphatic carbocycles. The molecule has 9 heteroatoms. The van der Waals surface area contributed by atoms with Gasteiger partial charge >= 0.3 is 5.69 Å². The molecule has 0 unspecified atom stereocenters. The second kappa shape index (κ2) is 5.85. The molecule has 0 radical (unpaired) electrons. The van der Waals surface area contributed by atoms with E-state index in [1.165, 1.54) is 11.6 Å². The Balaban J connectivity index is 1.82. The van der Waals surface area contributed by atoms with Gasteiger partial charge in [-0.05, 0) is 6.92 Å². The molecular formula is C16H22N6O3. The molecule has 9 nitrogen and oxygen atoms in total. The maximum atomic E-state index is 12.6. The van der Waals surface area contributed by atoms with Crippen LogP contribution >= 0.6 is 0 Å². The van der Waals surface area contributed by atoms with Gasteiger partial charge in [0.25, 0.3) is 5.56 Å². The summed E-state index contributed by atoms with van der Waals surface area (Å²) < 4.78 is 11.8. The summed E-state index contributed by atoms with van der Waals surface area (Å²) in [6.07, 6.45) is 1.91. The summed E-state index contributed by atoms with van der Waals surface area (Å²) >= 11 is 0. The first kappa shape index (κ1) is 16.1. The lowest BCUT2D eigenvalue weighted by atomic mass is 10.4. The standard InChI is InChI=1S/C16H22N6O3/c1-11-10-22-12-13(18(2)16(24)19(3)14(12)23)17-15(22)21(11)5-4-20-6-8-25-9-7-20/h10H,4-9H2,1-3H3. The van der Waals surface area contributed by atoms with Gasteiger partial charge in [-0.2, -0.15) is 4.98 Å². The first-order valence-electron chi connectivity index (χ1n) is 8.43. The summed E-state index contributed by atoms with van der Waals surface area (Å²) in [6.45, 7) is 7.09. The fourth-order valence-corrected chi connectivity index (χ4v) is 3.47. The lowest BCUT2D eigenvalue weighted by molar-refractivity contribution is 0.0364. The van der Waals surface area contributed by atoms with Crippen molar-refractivity contribution in [2.45, 2.75) is 13.5 Å². The van der Waals surface area contributed by atoms with Gasteiger partial charge in [0.2, 0.25) is 5.78 Å². The van der Waals surface area contributed by atoms with Gasteiger partial charge in [-0.3, -0.25) is 23.2 Å². The summed E-state index contributed by atoms with van der Waals surface area (Å²) in [5.74, 6) is 0.694. The van der Waals surface area contributed by atoms with Gasteiger partial charge in [-0.15, -0.1) is 0 Å². The highest BCUT2D eigenvalue weighted by atomic mass is 16.5. The number of fused-ring (bicyclic) bond motifs is 3. The molecule has 0 spiro atoms. The predicted octanol–water partition coefficient (Wildman–Crippen LogP) is -0.673. The van der Waals surface area contributed by atoms with Crippen LogP contribution in [0.25, 0.3) is 16.9 Å². The van der Waals surface area contributed by atoms with Crippen LogP contribution in [0.4, 0.5) is 0 Å². The van der Waals surface area contributed by atoms with Crippen molar-refractivity contribution in [3.8, 4) is 0 Å². The van der Waals surface area contributed by atoms with Crippen molar-refractivity contribution in [1.82, 2.24) is 28.0 Å². The molecule has 1 aliphatic heterocycles. The SMILES string of the molecule is Cc1cn2c3c(=O)n(C)c(=O)n(C)c3nc2n1CCN1CCOCC1. The highest BCUT2D eigenvalue weighted by molar-refractivity contribution is 5.75. The molecule has 1 saturated heterocycles. The lowest BCUT2D eigenvalue weighted by Gasteiger charge is -2.26. The van der Waals surface area contributed by atoms with Gasteiger partial charge in [0.1, 0.15) is 0 Å². The number of ether oxygens (including phenoxy) is 1. The van der Waals surface area contributed by atoms with Crippen LogP contribution in [0.1, 0.15) is 5.69 Å². The molecule has 0 aromatic carbocycles. The highest BCUT2D eigenvalue weighted by Gasteiger charge is 2.19. The highest BCUT2D eigenvalue weighted by Crippen LogP contribution is 2.16. The zero-order chi connectivity index (χ0) is 17.7. The second-order valence-electron chi connectivity index (χ2n) is 6.54. The van der Waals surface area contributed by atoms with E-state index >= 15 is 0 Å². The number of hydrogen-bond acceptors (Lipinski definition) is 5. The van der Waals surface area contributed by atoms with E-state index in [0.29, 0.717) is 16.9 Å². The van der Waals surface area contributed by atoms with Crippen LogP contribution in [0.15, 0.2) is 15.8 Å². The Kier molecular flexibility index (Phi) is 3.77. The van der Waals surface area contributed by atoms with Gasteiger partial charge in [-0.1, -0.05) is 0 Å². The normalized spacial score (nSPS) is 16.3. The van der Waals surface area contributed by atoms with Crippen LogP contribution in [0.3, 0.4) is 0 Å². The molecule has 0 bridgehead atoms. The Morgan fingerprint density at radius 3 is 2.56 bits per heavy atom. The van der Waals surface area contributed by atoms with Crippen molar-refractivity contribution in [1.29, 1.82) is 0 Å². The number of morpholine rings is 1. The van der Waals surface area contributed by atoms with Crippen LogP contribution in [0, 0.1) is 6.92 Å². The molecule has 0 N–H and O–H groups in total. The summed E-state index contributed by atoms with van der Waals surface area (Å²) in [6, 6.07) is 0. The van der Waals surface area contributed by atoms with Crippen LogP contribution in [-0.2, 0) is 25.4 Å². The third-order valence-corrected chi connectivity index (χ3v) is 5.00. The number of hydrogen-bond donors (Lipinski definition) is 0. The quantitative estimate of drug-likeness (QED) is 0.628. The number of aryl methyl sites for hydroxylation is 2. The van der Waals surface area contributed by atoms with Crippen molar-refractivity contribution >= 4 is 16.9 Å². The molecule has 134 valence electrons. The molecule has 25 heavy (non-hydrogen) atoms. The maximum absolute atomic E-state index is 12.6. The van der Waals surface area contributed by atoms with E-state index in [-0.39, 0.29) is 11.2 Å². The van der Waals surface area contributed by atoms with E-state index in [9.17, 15) is 9.59 Å². The first-order chi connectivity index (χ1) is 12.0. The minimum atomic E-state index is -0.366. The van der Waals surface area contributed by atoms with Crippen molar-refractivity contribution in [3.63, 3.8) is 0 Å². The fourth-order valence-electron chi connectivity index (χ4n) is 3.47. The van der Waals surface area contributed by atoms with Crippen molar-refractivity contribution in [2.24, 2.45) is 14.1 Å². The Bertz CT molecular complexity index is 1060. The van der Waals surface area contributed by atoms with Crippen molar-refractivity contribution in [3.05, 3.63) is 32.7 Å². The Morgan fingerprint density at radius 2 is 1.84 bits per heavy atom. The summed E-state index contributed by atoms with van der Waals surface area (Å²) in [7, 11) is 3.13. The Labute approximate surface area is 143 Å². The van der Waals surface area contributed by atoms with Gasteiger partial charge in [0, 0.05) is 52.2 Å². The van der Waals surface area contributed by atoms with Crippen LogP contribution in [-0.4, -0.2) is 60.8 Å². The largest absolute Gasteiger partial charge is 0.379 e. The van der Waals surface area contributed by atoms with E-state index in [0.717, 1.165) is 49.7 Å². The third kappa shape index (κ3) is 2.42.